The van der Waals surface area contributed by atoms with E-state index in [2.05, 4.69) is 139 Å². The molecule has 1 aromatic carbocycles. The molecule has 4 nitrogen and oxygen atoms in total. The number of benzene rings is 1. The van der Waals surface area contributed by atoms with Crippen molar-refractivity contribution < 1.29 is 0 Å². The van der Waals surface area contributed by atoms with Crippen molar-refractivity contribution in [2.75, 3.05) is 0 Å². The van der Waals surface area contributed by atoms with Crippen LogP contribution in [0, 0.1) is 26.2 Å². The molecule has 0 unspecified atom stereocenters. The number of aromatic amines is 3. The van der Waals surface area contributed by atoms with Crippen molar-refractivity contribution in [3.8, 4) is 0 Å². The molecular weight excluding hydrogens is 567 g/mol. The average Bonchev–Trinajstić information content (AvgIpc) is 3.62. The minimum Gasteiger partial charge on any atom is -0.361 e. The van der Waals surface area contributed by atoms with Gasteiger partial charge in [0.05, 0.1) is 9.27 Å². The number of hydrogen-bond acceptors (Lipinski definition) is 1. The largest absolute Gasteiger partial charge is 0.361 e. The molecule has 1 saturated heterocycles. The van der Waals surface area contributed by atoms with Crippen LogP contribution in [-0.2, 0) is 0 Å². The van der Waals surface area contributed by atoms with Crippen LogP contribution in [0.25, 0.3) is 20.8 Å². The normalized spacial score (nSPS) is 16.8. The van der Waals surface area contributed by atoms with E-state index in [1.165, 1.54) is 48.4 Å². The lowest BCUT2D eigenvalue weighted by molar-refractivity contribution is 0.481. The van der Waals surface area contributed by atoms with Gasteiger partial charge in [0.15, 0.2) is 0 Å². The van der Waals surface area contributed by atoms with E-state index in [0.717, 1.165) is 39.9 Å². The molecule has 4 N–H and O–H groups in total. The van der Waals surface area contributed by atoms with Gasteiger partial charge in [-0.15, -0.1) is 0 Å². The third kappa shape index (κ3) is 4.13. The van der Waals surface area contributed by atoms with Gasteiger partial charge in [-0.25, -0.2) is 0 Å². The molecule has 8 bridgehead atoms. The van der Waals surface area contributed by atoms with Crippen LogP contribution in [0.15, 0.2) is 59.9 Å². The minimum atomic E-state index is 0.0283. The maximum atomic E-state index is 3.79. The van der Waals surface area contributed by atoms with E-state index in [4.69, 9.17) is 0 Å². The molecule has 0 amide bonds. The number of H-pyrrole nitrogens is 3. The molecule has 188 valence electrons. The monoisotopic (exact) mass is 600 g/mol. The Labute approximate surface area is 231 Å². The van der Waals surface area contributed by atoms with E-state index < -0.39 is 0 Å². The zero-order valence-corrected chi connectivity index (χ0v) is 24.4. The molecule has 0 spiro atoms. The van der Waals surface area contributed by atoms with Crippen LogP contribution >= 0.6 is 22.6 Å². The maximum absolute atomic E-state index is 3.79. The van der Waals surface area contributed by atoms with Gasteiger partial charge in [0.1, 0.15) is 0 Å². The number of halogens is 1. The van der Waals surface area contributed by atoms with Gasteiger partial charge in [0.2, 0.25) is 0 Å². The van der Waals surface area contributed by atoms with Gasteiger partial charge >= 0.3 is 0 Å². The Morgan fingerprint density at radius 3 is 2.19 bits per heavy atom. The summed E-state index contributed by atoms with van der Waals surface area (Å²) in [6.45, 7) is 13.4. The highest BCUT2D eigenvalue weighted by Crippen LogP contribution is 2.43. The zero-order valence-electron chi connectivity index (χ0n) is 22.3. The van der Waals surface area contributed by atoms with Gasteiger partial charge in [-0.2, -0.15) is 0 Å². The standard InChI is InChI=1S/C32H33IN4/c1-17-13-18(2)29(19(3)14-17)30-24-10-9-23(35-24)20(4)22-8-7-21(34-22)15-28-32(5,6)16-27(37-28)31(33)26-12-11-25(30)36-26/h7-15,34-37H,16H2,1-6H3. The quantitative estimate of drug-likeness (QED) is 0.184. The molecule has 0 radical (unpaired) electrons. The number of rotatable bonds is 1. The predicted molar refractivity (Wildman–Crippen MR) is 163 cm³/mol. The lowest BCUT2D eigenvalue weighted by atomic mass is 9.88. The van der Waals surface area contributed by atoms with Gasteiger partial charge in [-0.3, -0.25) is 0 Å². The van der Waals surface area contributed by atoms with Crippen molar-refractivity contribution in [3.63, 3.8) is 0 Å². The molecule has 0 atom stereocenters. The van der Waals surface area contributed by atoms with E-state index in [1.54, 1.807) is 0 Å². The molecule has 5 heteroatoms. The van der Waals surface area contributed by atoms with E-state index in [0.29, 0.717) is 0 Å². The smallest absolute Gasteiger partial charge is 0.0558 e. The Kier molecular flexibility index (Phi) is 5.68. The lowest BCUT2D eigenvalue weighted by Crippen LogP contribution is -2.17. The maximum Gasteiger partial charge on any atom is 0.0558 e. The third-order valence-electron chi connectivity index (χ3n) is 7.79. The number of fused-ring (bicyclic) bond motifs is 8. The molecule has 5 heterocycles. The number of allylic oxidation sites excluding steroid dienone is 2. The Bertz CT molecular complexity index is 1730. The van der Waals surface area contributed by atoms with Gasteiger partial charge < -0.3 is 20.3 Å². The highest BCUT2D eigenvalue weighted by molar-refractivity contribution is 14.1. The zero-order chi connectivity index (χ0) is 26.1. The first-order chi connectivity index (χ1) is 17.6. The molecule has 6 rings (SSSR count). The molecule has 1 fully saturated rings. The van der Waals surface area contributed by atoms with Crippen LogP contribution < -0.4 is 16.0 Å². The van der Waals surface area contributed by atoms with Crippen LogP contribution in [0.3, 0.4) is 0 Å². The summed E-state index contributed by atoms with van der Waals surface area (Å²) in [4.78, 5) is 11.2. The van der Waals surface area contributed by atoms with Crippen molar-refractivity contribution in [1.29, 1.82) is 0 Å². The fraction of sp³-hybridized carbons (Fsp3) is 0.250. The summed E-state index contributed by atoms with van der Waals surface area (Å²) in [6.07, 6.45) is 3.23. The summed E-state index contributed by atoms with van der Waals surface area (Å²) in [7, 11) is 0. The molecule has 3 aromatic heterocycles. The summed E-state index contributed by atoms with van der Waals surface area (Å²) < 4.78 is 1.23. The van der Waals surface area contributed by atoms with E-state index >= 15 is 0 Å². The van der Waals surface area contributed by atoms with Crippen LogP contribution in [0.1, 0.15) is 72.2 Å². The van der Waals surface area contributed by atoms with Crippen LogP contribution in [0.2, 0.25) is 0 Å². The summed E-state index contributed by atoms with van der Waals surface area (Å²) in [5.74, 6) is 0. The number of nitrogens with one attached hydrogen (secondary N) is 4. The Hall–Kier alpha value is -3.19. The van der Waals surface area contributed by atoms with Crippen molar-refractivity contribution >= 4 is 43.4 Å². The molecular formula is C32H33IN4. The van der Waals surface area contributed by atoms with E-state index in [9.17, 15) is 0 Å². The highest BCUT2D eigenvalue weighted by Gasteiger charge is 2.34. The highest BCUT2D eigenvalue weighted by atomic mass is 127. The number of aromatic nitrogens is 3. The van der Waals surface area contributed by atoms with Crippen molar-refractivity contribution in [2.24, 2.45) is 5.41 Å². The first-order valence-electron chi connectivity index (χ1n) is 12.9. The molecule has 2 aliphatic rings. The Morgan fingerprint density at radius 1 is 0.757 bits per heavy atom. The molecule has 2 aliphatic heterocycles. The first kappa shape index (κ1) is 24.2. The molecule has 0 aliphatic carbocycles. The van der Waals surface area contributed by atoms with Crippen molar-refractivity contribution in [2.45, 2.75) is 48.0 Å². The number of hydrogen-bond donors (Lipinski definition) is 4. The van der Waals surface area contributed by atoms with E-state index in [-0.39, 0.29) is 5.41 Å². The summed E-state index contributed by atoms with van der Waals surface area (Å²) in [5, 5.41) is 5.99. The van der Waals surface area contributed by atoms with E-state index in [1.807, 2.05) is 0 Å². The Balaban J connectivity index is 1.70. The molecule has 37 heavy (non-hydrogen) atoms. The van der Waals surface area contributed by atoms with Crippen LogP contribution in [0.4, 0.5) is 0 Å². The topological polar surface area (TPSA) is 59.4 Å². The van der Waals surface area contributed by atoms with Gasteiger partial charge in [0.25, 0.3) is 0 Å². The lowest BCUT2D eigenvalue weighted by Gasteiger charge is -2.17. The first-order valence-corrected chi connectivity index (χ1v) is 13.9. The van der Waals surface area contributed by atoms with Gasteiger partial charge in [-0.05, 0) is 121 Å². The summed E-state index contributed by atoms with van der Waals surface area (Å²) >= 11 is 2.50. The van der Waals surface area contributed by atoms with Crippen LogP contribution in [-0.4, -0.2) is 15.0 Å². The second-order valence-electron chi connectivity index (χ2n) is 11.2. The predicted octanol–water partition coefficient (Wildman–Crippen LogP) is 6.54. The van der Waals surface area contributed by atoms with Crippen molar-refractivity contribution in [1.82, 2.24) is 20.3 Å². The summed E-state index contributed by atoms with van der Waals surface area (Å²) in [5.41, 5.74) is 14.6. The number of aryl methyl sites for hydroxylation is 3. The SMILES string of the molecule is CC1=c2ccc([nH]2)=C(c2c(C)cc(C)cc2C)c2ccc([nH]2)C(I)=C2CC(C)(C)C(=Cc3ccc1[nH]3)N2. The second kappa shape index (κ2) is 8.69. The second-order valence-corrected chi connectivity index (χ2v) is 12.3. The third-order valence-corrected chi connectivity index (χ3v) is 9.02. The van der Waals surface area contributed by atoms with Crippen LogP contribution in [0.5, 0.6) is 0 Å². The minimum absolute atomic E-state index is 0.0283. The van der Waals surface area contributed by atoms with Gasteiger partial charge in [0, 0.05) is 50.2 Å². The average molecular weight is 601 g/mol. The Morgan fingerprint density at radius 2 is 1.43 bits per heavy atom. The fourth-order valence-electron chi connectivity index (χ4n) is 5.87. The summed E-state index contributed by atoms with van der Waals surface area (Å²) in [6, 6.07) is 17.8. The molecule has 0 saturated carbocycles. The van der Waals surface area contributed by atoms with Gasteiger partial charge in [-0.1, -0.05) is 31.5 Å². The molecule has 4 aromatic rings. The fourth-order valence-corrected chi connectivity index (χ4v) is 6.51. The van der Waals surface area contributed by atoms with Crippen molar-refractivity contribution in [3.05, 3.63) is 116 Å².